The highest BCUT2D eigenvalue weighted by Crippen LogP contribution is 2.24. The number of likely N-dealkylation sites (tertiary alicyclic amines) is 1. The number of hydrogen-bond donors (Lipinski definition) is 1. The molecule has 0 saturated carbocycles. The molecule has 1 unspecified atom stereocenters. The third kappa shape index (κ3) is 7.22. The van der Waals surface area contributed by atoms with E-state index in [4.69, 9.17) is 11.6 Å². The van der Waals surface area contributed by atoms with Gasteiger partial charge in [-0.2, -0.15) is 0 Å². The molecule has 3 heterocycles. The summed E-state index contributed by atoms with van der Waals surface area (Å²) in [5.41, 5.74) is 0. The van der Waals surface area contributed by atoms with Crippen LogP contribution in [-0.2, 0) is 9.59 Å². The van der Waals surface area contributed by atoms with E-state index in [9.17, 15) is 9.59 Å². The highest BCUT2D eigenvalue weighted by Gasteiger charge is 2.27. The summed E-state index contributed by atoms with van der Waals surface area (Å²) in [6.07, 6.45) is 4.33. The van der Waals surface area contributed by atoms with Gasteiger partial charge in [0.1, 0.15) is 11.0 Å². The minimum Gasteiger partial charge on any atom is -0.354 e. The van der Waals surface area contributed by atoms with E-state index < -0.39 is 0 Å². The lowest BCUT2D eigenvalue weighted by Crippen LogP contribution is -2.54. The Labute approximate surface area is 194 Å². The number of thioether (sulfide) groups is 1. The van der Waals surface area contributed by atoms with Crippen molar-refractivity contribution in [2.75, 3.05) is 56.5 Å². The molecule has 0 bridgehead atoms. The van der Waals surface area contributed by atoms with Crippen LogP contribution in [0.4, 0.5) is 5.82 Å². The van der Waals surface area contributed by atoms with Gasteiger partial charge in [-0.15, -0.1) is 0 Å². The lowest BCUT2D eigenvalue weighted by Gasteiger charge is -2.40. The molecule has 1 aromatic rings. The Kier molecular flexibility index (Phi) is 9.22. The summed E-state index contributed by atoms with van der Waals surface area (Å²) in [5.74, 6) is 1.15. The van der Waals surface area contributed by atoms with Crippen LogP contribution >= 0.6 is 23.4 Å². The van der Waals surface area contributed by atoms with Crippen LogP contribution < -0.4 is 10.2 Å². The zero-order chi connectivity index (χ0) is 22.2. The molecule has 31 heavy (non-hydrogen) atoms. The molecule has 2 aliphatic rings. The number of nitrogens with one attached hydrogen (secondary N) is 1. The van der Waals surface area contributed by atoms with Gasteiger partial charge < -0.3 is 20.0 Å². The van der Waals surface area contributed by atoms with Gasteiger partial charge in [0.2, 0.25) is 11.8 Å². The van der Waals surface area contributed by atoms with E-state index in [0.29, 0.717) is 42.9 Å². The number of halogens is 1. The number of hydrogen-bond acceptors (Lipinski definition) is 7. The standard InChI is InChI=1S/C21H33ClN6O2S/c1-3-20(30)28-12-11-27(14-16(28)2)18-13-17(22)24-21(25-18)31-15-19(29)23-7-10-26-8-5-4-6-9-26/h13,16H,3-12,14-15H2,1-2H3,(H,23,29). The van der Waals surface area contributed by atoms with Gasteiger partial charge in [0.05, 0.1) is 5.75 Å². The number of carbonyl (C=O) groups is 2. The summed E-state index contributed by atoms with van der Waals surface area (Å²) in [4.78, 5) is 39.6. The number of aromatic nitrogens is 2. The maximum absolute atomic E-state index is 12.2. The van der Waals surface area contributed by atoms with Gasteiger partial charge in [-0.25, -0.2) is 9.97 Å². The highest BCUT2D eigenvalue weighted by molar-refractivity contribution is 7.99. The predicted molar refractivity (Wildman–Crippen MR) is 125 cm³/mol. The molecule has 2 amide bonds. The van der Waals surface area contributed by atoms with Crippen molar-refractivity contribution in [1.29, 1.82) is 0 Å². The number of anilines is 1. The number of carbonyl (C=O) groups excluding carboxylic acids is 2. The van der Waals surface area contributed by atoms with Crippen LogP contribution in [0.1, 0.15) is 39.5 Å². The first kappa shape index (κ1) is 24.1. The van der Waals surface area contributed by atoms with Crippen molar-refractivity contribution >= 4 is 41.0 Å². The van der Waals surface area contributed by atoms with Crippen LogP contribution in [0.3, 0.4) is 0 Å². The van der Waals surface area contributed by atoms with Crippen molar-refractivity contribution in [3.8, 4) is 0 Å². The van der Waals surface area contributed by atoms with E-state index in [2.05, 4.69) is 25.1 Å². The Morgan fingerprint density at radius 3 is 2.68 bits per heavy atom. The van der Waals surface area contributed by atoms with Gasteiger partial charge in [-0.3, -0.25) is 9.59 Å². The van der Waals surface area contributed by atoms with Crippen LogP contribution in [0.2, 0.25) is 5.15 Å². The smallest absolute Gasteiger partial charge is 0.230 e. The molecule has 8 nitrogen and oxygen atoms in total. The Hall–Kier alpha value is -1.58. The molecule has 0 radical (unpaired) electrons. The van der Waals surface area contributed by atoms with E-state index in [1.54, 1.807) is 6.07 Å². The second-order valence-corrected chi connectivity index (χ2v) is 9.44. The topological polar surface area (TPSA) is 81.7 Å². The van der Waals surface area contributed by atoms with Gasteiger partial charge in [0.25, 0.3) is 0 Å². The predicted octanol–water partition coefficient (Wildman–Crippen LogP) is 2.27. The van der Waals surface area contributed by atoms with Crippen molar-refractivity contribution in [3.05, 3.63) is 11.2 Å². The number of rotatable bonds is 8. The fourth-order valence-corrected chi connectivity index (χ4v) is 4.98. The van der Waals surface area contributed by atoms with Gasteiger partial charge >= 0.3 is 0 Å². The first-order chi connectivity index (χ1) is 15.0. The van der Waals surface area contributed by atoms with Crippen molar-refractivity contribution in [2.45, 2.75) is 50.7 Å². The monoisotopic (exact) mass is 468 g/mol. The summed E-state index contributed by atoms with van der Waals surface area (Å²) < 4.78 is 0. The summed E-state index contributed by atoms with van der Waals surface area (Å²) in [6.45, 7) is 9.82. The summed E-state index contributed by atoms with van der Waals surface area (Å²) in [6, 6.07) is 1.85. The van der Waals surface area contributed by atoms with Crippen molar-refractivity contribution < 1.29 is 9.59 Å². The third-order valence-corrected chi connectivity index (χ3v) is 6.81. The minimum absolute atomic E-state index is 0.0209. The molecule has 1 aromatic heterocycles. The summed E-state index contributed by atoms with van der Waals surface area (Å²) in [7, 11) is 0. The zero-order valence-electron chi connectivity index (χ0n) is 18.5. The maximum Gasteiger partial charge on any atom is 0.230 e. The molecule has 3 rings (SSSR count). The number of nitrogens with zero attached hydrogens (tertiary/aromatic N) is 5. The van der Waals surface area contributed by atoms with Crippen LogP contribution in [0.5, 0.6) is 0 Å². The average molecular weight is 469 g/mol. The Balaban J connectivity index is 1.48. The normalized spacial score (nSPS) is 20.0. The molecule has 0 aromatic carbocycles. The van der Waals surface area contributed by atoms with Crippen molar-refractivity contribution in [2.24, 2.45) is 0 Å². The Morgan fingerprint density at radius 2 is 1.97 bits per heavy atom. The number of piperazine rings is 1. The molecule has 0 aliphatic carbocycles. The Morgan fingerprint density at radius 1 is 1.19 bits per heavy atom. The molecule has 2 saturated heterocycles. The van der Waals surface area contributed by atoms with E-state index >= 15 is 0 Å². The molecule has 0 spiro atoms. The quantitative estimate of drug-likeness (QED) is 0.356. The molecular weight excluding hydrogens is 436 g/mol. The lowest BCUT2D eigenvalue weighted by atomic mass is 10.1. The number of piperidine rings is 1. The number of amides is 2. The fourth-order valence-electron chi connectivity index (χ4n) is 4.07. The third-order valence-electron chi connectivity index (χ3n) is 5.77. The van der Waals surface area contributed by atoms with Crippen LogP contribution in [0.25, 0.3) is 0 Å². The average Bonchev–Trinajstić information content (AvgIpc) is 2.77. The van der Waals surface area contributed by atoms with Gasteiger partial charge in [0, 0.05) is 51.3 Å². The largest absolute Gasteiger partial charge is 0.354 e. The molecule has 172 valence electrons. The fraction of sp³-hybridized carbons (Fsp3) is 0.714. The summed E-state index contributed by atoms with van der Waals surface area (Å²) >= 11 is 7.52. The highest BCUT2D eigenvalue weighted by atomic mass is 35.5. The van der Waals surface area contributed by atoms with Crippen LogP contribution in [0, 0.1) is 0 Å². The molecular formula is C21H33ClN6O2S. The molecule has 2 fully saturated rings. The lowest BCUT2D eigenvalue weighted by molar-refractivity contribution is -0.133. The minimum atomic E-state index is -0.0209. The van der Waals surface area contributed by atoms with Gasteiger partial charge in [-0.1, -0.05) is 36.7 Å². The van der Waals surface area contributed by atoms with E-state index in [1.807, 2.05) is 18.7 Å². The van der Waals surface area contributed by atoms with E-state index in [-0.39, 0.29) is 23.6 Å². The second kappa shape index (κ2) is 11.9. The molecule has 1 N–H and O–H groups in total. The second-order valence-electron chi connectivity index (χ2n) is 8.11. The molecule has 10 heteroatoms. The maximum atomic E-state index is 12.2. The molecule has 1 atom stereocenters. The van der Waals surface area contributed by atoms with Gasteiger partial charge in [-0.05, 0) is 32.9 Å². The van der Waals surface area contributed by atoms with Crippen molar-refractivity contribution in [3.63, 3.8) is 0 Å². The SMILES string of the molecule is CCC(=O)N1CCN(c2cc(Cl)nc(SCC(=O)NCCN3CCCCC3)n2)CC1C. The Bertz CT molecular complexity index is 761. The van der Waals surface area contributed by atoms with E-state index in [0.717, 1.165) is 25.5 Å². The van der Waals surface area contributed by atoms with E-state index in [1.165, 1.54) is 31.0 Å². The molecule has 2 aliphatic heterocycles. The first-order valence-corrected chi connectivity index (χ1v) is 12.5. The first-order valence-electron chi connectivity index (χ1n) is 11.2. The van der Waals surface area contributed by atoms with Gasteiger partial charge in [0.15, 0.2) is 5.16 Å². The van der Waals surface area contributed by atoms with Crippen LogP contribution in [0.15, 0.2) is 11.2 Å². The zero-order valence-corrected chi connectivity index (χ0v) is 20.1. The van der Waals surface area contributed by atoms with Crippen molar-refractivity contribution in [1.82, 2.24) is 25.1 Å². The van der Waals surface area contributed by atoms with Crippen LogP contribution in [-0.4, -0.2) is 89.2 Å². The summed E-state index contributed by atoms with van der Waals surface area (Å²) in [5, 5.41) is 3.83.